The van der Waals surface area contributed by atoms with Crippen molar-refractivity contribution in [1.82, 2.24) is 10.3 Å². The zero-order valence-corrected chi connectivity index (χ0v) is 10.2. The normalized spacial score (nSPS) is 22.9. The molecule has 1 aromatic carbocycles. The molecule has 0 saturated heterocycles. The van der Waals surface area contributed by atoms with Crippen LogP contribution in [0.4, 0.5) is 11.4 Å². The summed E-state index contributed by atoms with van der Waals surface area (Å²) in [5, 5.41) is 11.1. The Labute approximate surface area is 104 Å². The summed E-state index contributed by atoms with van der Waals surface area (Å²) >= 11 is 0. The van der Waals surface area contributed by atoms with E-state index in [2.05, 4.69) is 15.6 Å². The summed E-state index contributed by atoms with van der Waals surface area (Å²) in [6.45, 7) is 2.79. The van der Waals surface area contributed by atoms with E-state index in [1.54, 1.807) is 0 Å². The molecule has 0 bridgehead atoms. The number of ether oxygens (including phenoxy) is 1. The third-order valence-corrected chi connectivity index (χ3v) is 3.30. The monoisotopic (exact) mass is 248 g/mol. The zero-order valence-electron chi connectivity index (χ0n) is 10.2. The number of fused-ring (bicyclic) bond motifs is 1. The highest BCUT2D eigenvalue weighted by molar-refractivity contribution is 5.95. The lowest BCUT2D eigenvalue weighted by atomic mass is 9.89. The number of aromatic nitrogens is 2. The van der Waals surface area contributed by atoms with Gasteiger partial charge in [-0.3, -0.25) is 0 Å². The molecule has 1 aliphatic rings. The Morgan fingerprint density at radius 3 is 2.94 bits per heavy atom. The van der Waals surface area contributed by atoms with Crippen molar-refractivity contribution in [1.29, 1.82) is 0 Å². The van der Waals surface area contributed by atoms with Crippen LogP contribution in [-0.2, 0) is 4.74 Å². The standard InChI is InChI=1S/C12H16N4O2/c1-2-17-8-5-7(6-8)14-10-4-3-9(13)11-12(10)16-18-15-11/h3-4,7-8,14H,2,5-6,13H2,1H3. The van der Waals surface area contributed by atoms with E-state index < -0.39 is 0 Å². The van der Waals surface area contributed by atoms with Gasteiger partial charge in [-0.2, -0.15) is 0 Å². The number of hydrogen-bond acceptors (Lipinski definition) is 6. The van der Waals surface area contributed by atoms with Gasteiger partial charge in [0.1, 0.15) is 0 Å². The predicted molar refractivity (Wildman–Crippen MR) is 68.3 cm³/mol. The number of anilines is 2. The van der Waals surface area contributed by atoms with E-state index in [4.69, 9.17) is 15.1 Å². The molecule has 6 nitrogen and oxygen atoms in total. The average molecular weight is 248 g/mol. The van der Waals surface area contributed by atoms with E-state index in [1.165, 1.54) is 0 Å². The van der Waals surface area contributed by atoms with E-state index in [0.29, 0.717) is 28.9 Å². The molecule has 0 spiro atoms. The molecule has 3 rings (SSSR count). The SMILES string of the molecule is CCOC1CC(Nc2ccc(N)c3nonc23)C1. The molecule has 6 heteroatoms. The third-order valence-electron chi connectivity index (χ3n) is 3.30. The Morgan fingerprint density at radius 1 is 1.39 bits per heavy atom. The lowest BCUT2D eigenvalue weighted by Crippen LogP contribution is -2.40. The predicted octanol–water partition coefficient (Wildman–Crippen LogP) is 1.78. The van der Waals surface area contributed by atoms with Crippen LogP contribution in [0.2, 0.25) is 0 Å². The first kappa shape index (κ1) is 11.3. The van der Waals surface area contributed by atoms with Crippen molar-refractivity contribution in [2.24, 2.45) is 0 Å². The van der Waals surface area contributed by atoms with Gasteiger partial charge in [0.25, 0.3) is 0 Å². The molecule has 1 fully saturated rings. The highest BCUT2D eigenvalue weighted by atomic mass is 16.6. The van der Waals surface area contributed by atoms with Crippen LogP contribution in [0.25, 0.3) is 11.0 Å². The zero-order chi connectivity index (χ0) is 12.5. The molecule has 3 N–H and O–H groups in total. The second kappa shape index (κ2) is 4.45. The first-order valence-electron chi connectivity index (χ1n) is 6.16. The van der Waals surface area contributed by atoms with Gasteiger partial charge in [-0.05, 0) is 42.2 Å². The number of hydrogen-bond donors (Lipinski definition) is 2. The van der Waals surface area contributed by atoms with Crippen molar-refractivity contribution in [3.8, 4) is 0 Å². The minimum Gasteiger partial charge on any atom is -0.397 e. The van der Waals surface area contributed by atoms with Gasteiger partial charge < -0.3 is 15.8 Å². The first-order chi connectivity index (χ1) is 8.78. The molecule has 18 heavy (non-hydrogen) atoms. The molecule has 1 saturated carbocycles. The van der Waals surface area contributed by atoms with E-state index in [9.17, 15) is 0 Å². The molecule has 2 aromatic rings. The molecule has 0 amide bonds. The van der Waals surface area contributed by atoms with Gasteiger partial charge in [0.2, 0.25) is 0 Å². The van der Waals surface area contributed by atoms with Gasteiger partial charge in [-0.25, -0.2) is 4.63 Å². The maximum absolute atomic E-state index is 5.80. The number of nitrogens with one attached hydrogen (secondary N) is 1. The Morgan fingerprint density at radius 2 is 2.17 bits per heavy atom. The van der Waals surface area contributed by atoms with Crippen LogP contribution in [0, 0.1) is 0 Å². The molecule has 1 heterocycles. The summed E-state index contributed by atoms with van der Waals surface area (Å²) < 4.78 is 10.3. The molecule has 1 aliphatic carbocycles. The molecule has 0 unspecified atom stereocenters. The maximum Gasteiger partial charge on any atom is 0.160 e. The molecular formula is C12H16N4O2. The van der Waals surface area contributed by atoms with Gasteiger partial charge >= 0.3 is 0 Å². The highest BCUT2D eigenvalue weighted by Crippen LogP contribution is 2.31. The second-order valence-electron chi connectivity index (χ2n) is 4.55. The van der Waals surface area contributed by atoms with Crippen molar-refractivity contribution in [2.45, 2.75) is 31.9 Å². The van der Waals surface area contributed by atoms with Crippen LogP contribution >= 0.6 is 0 Å². The third kappa shape index (κ3) is 1.88. The molecule has 1 aromatic heterocycles. The lowest BCUT2D eigenvalue weighted by molar-refractivity contribution is 0.00301. The molecular weight excluding hydrogens is 232 g/mol. The van der Waals surface area contributed by atoms with Crippen LogP contribution in [-0.4, -0.2) is 29.1 Å². The summed E-state index contributed by atoms with van der Waals surface area (Å²) in [7, 11) is 0. The number of nitrogen functional groups attached to an aromatic ring is 1. The molecule has 0 atom stereocenters. The minimum absolute atomic E-state index is 0.382. The van der Waals surface area contributed by atoms with Crippen molar-refractivity contribution in [3.05, 3.63) is 12.1 Å². The van der Waals surface area contributed by atoms with Gasteiger partial charge in [-0.15, -0.1) is 0 Å². The Balaban J connectivity index is 1.72. The molecule has 96 valence electrons. The van der Waals surface area contributed by atoms with Gasteiger partial charge in [-0.1, -0.05) is 0 Å². The second-order valence-corrected chi connectivity index (χ2v) is 4.55. The summed E-state index contributed by atoms with van der Waals surface area (Å²) in [5.74, 6) is 0. The van der Waals surface area contributed by atoms with Gasteiger partial charge in [0.15, 0.2) is 11.0 Å². The summed E-state index contributed by atoms with van der Waals surface area (Å²) in [4.78, 5) is 0. The molecule has 0 aliphatic heterocycles. The Kier molecular flexibility index (Phi) is 2.79. The van der Waals surface area contributed by atoms with Crippen molar-refractivity contribution < 1.29 is 9.37 Å². The number of nitrogens with zero attached hydrogens (tertiary/aromatic N) is 2. The van der Waals surface area contributed by atoms with Crippen LogP contribution in [0.3, 0.4) is 0 Å². The van der Waals surface area contributed by atoms with Crippen LogP contribution < -0.4 is 11.1 Å². The van der Waals surface area contributed by atoms with E-state index in [1.807, 2.05) is 19.1 Å². The van der Waals surface area contributed by atoms with Crippen LogP contribution in [0.5, 0.6) is 0 Å². The van der Waals surface area contributed by atoms with E-state index >= 15 is 0 Å². The quantitative estimate of drug-likeness (QED) is 0.802. The summed E-state index contributed by atoms with van der Waals surface area (Å²) in [6, 6.07) is 4.15. The number of nitrogens with two attached hydrogens (primary N) is 1. The fraction of sp³-hybridized carbons (Fsp3) is 0.500. The van der Waals surface area contributed by atoms with Crippen LogP contribution in [0.15, 0.2) is 16.8 Å². The van der Waals surface area contributed by atoms with E-state index in [0.717, 1.165) is 25.1 Å². The van der Waals surface area contributed by atoms with E-state index in [-0.39, 0.29) is 0 Å². The average Bonchev–Trinajstić information content (AvgIpc) is 2.79. The maximum atomic E-state index is 5.80. The highest BCUT2D eigenvalue weighted by Gasteiger charge is 2.30. The molecule has 0 radical (unpaired) electrons. The van der Waals surface area contributed by atoms with Crippen LogP contribution in [0.1, 0.15) is 19.8 Å². The Hall–Kier alpha value is -1.82. The fourth-order valence-electron chi connectivity index (χ4n) is 2.28. The van der Waals surface area contributed by atoms with Gasteiger partial charge in [0.05, 0.1) is 17.5 Å². The van der Waals surface area contributed by atoms with Crippen molar-refractivity contribution in [2.75, 3.05) is 17.7 Å². The first-order valence-corrected chi connectivity index (χ1v) is 6.16. The number of rotatable bonds is 4. The topological polar surface area (TPSA) is 86.2 Å². The van der Waals surface area contributed by atoms with Crippen molar-refractivity contribution >= 4 is 22.4 Å². The summed E-state index contributed by atoms with van der Waals surface area (Å²) in [5.41, 5.74) is 8.60. The number of benzene rings is 1. The smallest absolute Gasteiger partial charge is 0.160 e. The Bertz CT molecular complexity index is 548. The van der Waals surface area contributed by atoms with Crippen molar-refractivity contribution in [3.63, 3.8) is 0 Å². The lowest BCUT2D eigenvalue weighted by Gasteiger charge is -2.36. The van der Waals surface area contributed by atoms with Gasteiger partial charge in [0, 0.05) is 12.6 Å². The summed E-state index contributed by atoms with van der Waals surface area (Å²) in [6.07, 6.45) is 2.42. The minimum atomic E-state index is 0.382. The largest absolute Gasteiger partial charge is 0.397 e. The fourth-order valence-corrected chi connectivity index (χ4v) is 2.28.